The Morgan fingerprint density at radius 2 is 1.85 bits per heavy atom. The molecule has 108 valence electrons. The van der Waals surface area contributed by atoms with Crippen LogP contribution in [0.15, 0.2) is 53.1 Å². The van der Waals surface area contributed by atoms with Crippen LogP contribution in [0.4, 0.5) is 0 Å². The van der Waals surface area contributed by atoms with Crippen molar-refractivity contribution in [3.8, 4) is 0 Å². The van der Waals surface area contributed by atoms with Crippen LogP contribution in [-0.4, -0.2) is 14.2 Å². The van der Waals surface area contributed by atoms with Gasteiger partial charge >= 0.3 is 7.60 Å². The van der Waals surface area contributed by atoms with Gasteiger partial charge < -0.3 is 13.5 Å². The van der Waals surface area contributed by atoms with Crippen molar-refractivity contribution < 1.29 is 18.0 Å². The average Bonchev–Trinajstić information content (AvgIpc) is 3.01. The van der Waals surface area contributed by atoms with Gasteiger partial charge in [-0.15, -0.1) is 0 Å². The molecular weight excluding hydrogens is 277 g/mol. The molecule has 0 saturated carbocycles. The maximum atomic E-state index is 12.7. The highest BCUT2D eigenvalue weighted by molar-refractivity contribution is 7.54. The van der Waals surface area contributed by atoms with Crippen molar-refractivity contribution in [1.82, 2.24) is 5.32 Å². The normalized spacial score (nSPS) is 13.3. The molecule has 0 amide bonds. The summed E-state index contributed by atoms with van der Waals surface area (Å²) in [6, 6.07) is 13.1. The largest absolute Gasteiger partial charge is 0.468 e. The van der Waals surface area contributed by atoms with E-state index in [2.05, 4.69) is 5.32 Å². The van der Waals surface area contributed by atoms with Crippen LogP contribution in [-0.2, 0) is 20.2 Å². The molecule has 20 heavy (non-hydrogen) atoms. The molecule has 1 N–H and O–H groups in total. The van der Waals surface area contributed by atoms with Crippen molar-refractivity contribution in [2.75, 3.05) is 14.2 Å². The highest BCUT2D eigenvalue weighted by Gasteiger charge is 2.35. The van der Waals surface area contributed by atoms with Crippen molar-refractivity contribution in [3.05, 3.63) is 60.1 Å². The summed E-state index contributed by atoms with van der Waals surface area (Å²) >= 11 is 0. The number of nitrogens with one attached hydrogen (secondary N) is 1. The third-order valence-corrected chi connectivity index (χ3v) is 5.12. The van der Waals surface area contributed by atoms with Gasteiger partial charge in [0.2, 0.25) is 0 Å². The van der Waals surface area contributed by atoms with Gasteiger partial charge in [-0.3, -0.25) is 9.88 Å². The van der Waals surface area contributed by atoms with E-state index in [0.29, 0.717) is 6.54 Å². The molecular formula is C14H18NO4P. The Balaban J connectivity index is 2.22. The molecule has 0 fully saturated rings. The fourth-order valence-corrected chi connectivity index (χ4v) is 3.37. The smallest absolute Gasteiger partial charge is 0.351 e. The van der Waals surface area contributed by atoms with E-state index in [-0.39, 0.29) is 0 Å². The maximum Gasteiger partial charge on any atom is 0.351 e. The van der Waals surface area contributed by atoms with E-state index >= 15 is 0 Å². The van der Waals surface area contributed by atoms with Crippen molar-refractivity contribution in [1.29, 1.82) is 0 Å². The van der Waals surface area contributed by atoms with E-state index in [9.17, 15) is 4.57 Å². The average molecular weight is 295 g/mol. The van der Waals surface area contributed by atoms with E-state index in [1.165, 1.54) is 14.2 Å². The minimum Gasteiger partial charge on any atom is -0.468 e. The van der Waals surface area contributed by atoms with E-state index < -0.39 is 13.4 Å². The fourth-order valence-electron chi connectivity index (χ4n) is 1.94. The Bertz CT molecular complexity index is 548. The minimum atomic E-state index is -3.28. The third kappa shape index (κ3) is 3.38. The Hall–Kier alpha value is -1.39. The molecule has 0 spiro atoms. The lowest BCUT2D eigenvalue weighted by atomic mass is 10.2. The Kier molecular flexibility index (Phi) is 5.15. The number of rotatable bonds is 7. The van der Waals surface area contributed by atoms with Crippen molar-refractivity contribution in [2.45, 2.75) is 12.3 Å². The van der Waals surface area contributed by atoms with Gasteiger partial charge in [0, 0.05) is 14.2 Å². The van der Waals surface area contributed by atoms with Gasteiger partial charge in [-0.05, 0) is 17.7 Å². The summed E-state index contributed by atoms with van der Waals surface area (Å²) in [5.41, 5.74) is 0.839. The van der Waals surface area contributed by atoms with Crippen LogP contribution >= 0.6 is 7.60 Å². The highest BCUT2D eigenvalue weighted by atomic mass is 31.2. The van der Waals surface area contributed by atoms with E-state index in [1.54, 1.807) is 12.3 Å². The molecule has 0 aliphatic heterocycles. The van der Waals surface area contributed by atoms with Crippen LogP contribution in [0.3, 0.4) is 0 Å². The molecule has 6 heteroatoms. The Labute approximate surface area is 118 Å². The molecule has 0 bridgehead atoms. The van der Waals surface area contributed by atoms with Crippen LogP contribution in [0.1, 0.15) is 17.1 Å². The first-order valence-corrected chi connectivity index (χ1v) is 7.82. The van der Waals surface area contributed by atoms with Gasteiger partial charge in [0.25, 0.3) is 0 Å². The first-order valence-electron chi connectivity index (χ1n) is 6.21. The summed E-state index contributed by atoms with van der Waals surface area (Å²) in [4.78, 5) is 0. The number of hydrogen-bond donors (Lipinski definition) is 1. The highest BCUT2D eigenvalue weighted by Crippen LogP contribution is 2.58. The monoisotopic (exact) mass is 295 g/mol. The lowest BCUT2D eigenvalue weighted by Gasteiger charge is -2.25. The summed E-state index contributed by atoms with van der Waals surface area (Å²) in [5, 5.41) is 3.17. The second-order valence-corrected chi connectivity index (χ2v) is 6.50. The van der Waals surface area contributed by atoms with Crippen molar-refractivity contribution in [3.63, 3.8) is 0 Å². The molecule has 0 radical (unpaired) electrons. The maximum absolute atomic E-state index is 12.7. The number of benzene rings is 1. The third-order valence-electron chi connectivity index (χ3n) is 2.99. The zero-order valence-corrected chi connectivity index (χ0v) is 12.4. The number of hydrogen-bond acceptors (Lipinski definition) is 5. The zero-order chi connectivity index (χ0) is 14.4. The molecule has 0 saturated heterocycles. The van der Waals surface area contributed by atoms with Gasteiger partial charge in [-0.1, -0.05) is 30.3 Å². The molecule has 1 aromatic carbocycles. The molecule has 1 heterocycles. The molecule has 0 aliphatic carbocycles. The van der Waals surface area contributed by atoms with Gasteiger partial charge in [-0.2, -0.15) is 0 Å². The molecule has 1 unspecified atom stereocenters. The second-order valence-electron chi connectivity index (χ2n) is 4.18. The first kappa shape index (κ1) is 15.0. The van der Waals surface area contributed by atoms with Gasteiger partial charge in [-0.25, -0.2) is 0 Å². The topological polar surface area (TPSA) is 60.7 Å². The summed E-state index contributed by atoms with van der Waals surface area (Å²) in [7, 11) is -0.517. The fraction of sp³-hybridized carbons (Fsp3) is 0.286. The molecule has 1 atom stereocenters. The van der Waals surface area contributed by atoms with E-state index in [0.717, 1.165) is 11.3 Å². The van der Waals surface area contributed by atoms with E-state index in [1.807, 2.05) is 36.4 Å². The van der Waals surface area contributed by atoms with Crippen molar-refractivity contribution >= 4 is 7.60 Å². The lowest BCUT2D eigenvalue weighted by Crippen LogP contribution is -2.22. The number of furan rings is 1. The van der Waals surface area contributed by atoms with Crippen LogP contribution in [0.25, 0.3) is 0 Å². The van der Waals surface area contributed by atoms with E-state index in [4.69, 9.17) is 13.5 Å². The summed E-state index contributed by atoms with van der Waals surface area (Å²) < 4.78 is 28.2. The molecule has 1 aromatic heterocycles. The Morgan fingerprint density at radius 1 is 1.15 bits per heavy atom. The van der Waals surface area contributed by atoms with Crippen molar-refractivity contribution in [2.24, 2.45) is 0 Å². The second kappa shape index (κ2) is 6.86. The molecule has 2 aromatic rings. The van der Waals surface area contributed by atoms with Crippen LogP contribution in [0.5, 0.6) is 0 Å². The molecule has 2 rings (SSSR count). The van der Waals surface area contributed by atoms with Crippen LogP contribution in [0, 0.1) is 0 Å². The summed E-state index contributed by atoms with van der Waals surface area (Å²) in [6.45, 7) is 0.434. The summed E-state index contributed by atoms with van der Waals surface area (Å²) in [5.74, 6) is 0.202. The van der Waals surface area contributed by atoms with Gasteiger partial charge in [0.15, 0.2) is 0 Å². The Morgan fingerprint density at radius 3 is 2.40 bits per heavy atom. The van der Waals surface area contributed by atoms with Gasteiger partial charge in [0.05, 0.1) is 12.8 Å². The predicted molar refractivity (Wildman–Crippen MR) is 76.4 cm³/mol. The van der Waals surface area contributed by atoms with Gasteiger partial charge in [0.1, 0.15) is 11.5 Å². The molecule has 0 aliphatic rings. The standard InChI is InChI=1S/C14H18NO4P/c1-17-20(16,18-2)14(12-7-4-3-5-8-12)15-11-13-9-6-10-19-13/h3-10,14-15H,11H2,1-2H3. The van der Waals surface area contributed by atoms with Crippen LogP contribution < -0.4 is 5.32 Å². The molecule has 5 nitrogen and oxygen atoms in total. The SMILES string of the molecule is COP(=O)(OC)C(NCc1ccco1)c1ccccc1. The van der Waals surface area contributed by atoms with Crippen LogP contribution in [0.2, 0.25) is 0 Å². The zero-order valence-electron chi connectivity index (χ0n) is 11.5. The lowest BCUT2D eigenvalue weighted by molar-refractivity contribution is 0.258. The first-order chi connectivity index (χ1) is 9.69. The predicted octanol–water partition coefficient (Wildman–Crippen LogP) is 3.55. The minimum absolute atomic E-state index is 0.434. The quantitative estimate of drug-likeness (QED) is 0.791. The summed E-state index contributed by atoms with van der Waals surface area (Å²) in [6.07, 6.45) is 1.60.